The zero-order valence-electron chi connectivity index (χ0n) is 12.1. The number of nitrogens with two attached hydrogens (primary N) is 1. The van der Waals surface area contributed by atoms with Crippen molar-refractivity contribution in [1.82, 2.24) is 9.55 Å². The summed E-state index contributed by atoms with van der Waals surface area (Å²) in [5.74, 6) is -0.386. The van der Waals surface area contributed by atoms with E-state index in [1.807, 2.05) is 34.9 Å². The number of carbonyl (C=O) groups is 1. The van der Waals surface area contributed by atoms with Crippen LogP contribution in [0.3, 0.4) is 0 Å². The number of aromatic nitrogens is 2. The Morgan fingerprint density at radius 2 is 2.00 bits per heavy atom. The number of hydrogen-bond acceptors (Lipinski definition) is 5. The Labute approximate surface area is 127 Å². The number of para-hydroxylation sites is 2. The second-order valence-electron chi connectivity index (χ2n) is 4.73. The molecule has 3 rings (SSSR count). The summed E-state index contributed by atoms with van der Waals surface area (Å²) < 4.78 is 6.66. The molecule has 1 heterocycles. The van der Waals surface area contributed by atoms with E-state index in [1.54, 1.807) is 18.5 Å². The standard InChI is InChI=1S/C16H16N4O2/c1-22-16(21)11-5-2-3-6-12(11)19-14-8-4-7-13-15(14)20(9-17)10-18-13/h2-8,10,19H,9,17H2,1H3. The minimum atomic E-state index is -0.386. The van der Waals surface area contributed by atoms with E-state index in [2.05, 4.69) is 10.3 Å². The SMILES string of the molecule is COC(=O)c1ccccc1Nc1cccc2ncn(CN)c12. The molecule has 2 aromatic carbocycles. The van der Waals surface area contributed by atoms with E-state index in [0.29, 0.717) is 17.9 Å². The minimum absolute atomic E-state index is 0.327. The molecule has 112 valence electrons. The second kappa shape index (κ2) is 5.87. The van der Waals surface area contributed by atoms with Crippen LogP contribution < -0.4 is 11.1 Å². The topological polar surface area (TPSA) is 82.2 Å². The highest BCUT2D eigenvalue weighted by atomic mass is 16.5. The van der Waals surface area contributed by atoms with Crippen molar-refractivity contribution in [2.75, 3.05) is 12.4 Å². The van der Waals surface area contributed by atoms with Gasteiger partial charge in [-0.1, -0.05) is 18.2 Å². The number of imidazole rings is 1. The van der Waals surface area contributed by atoms with Gasteiger partial charge in [-0.2, -0.15) is 0 Å². The van der Waals surface area contributed by atoms with Crippen molar-refractivity contribution in [3.8, 4) is 0 Å². The van der Waals surface area contributed by atoms with Crippen molar-refractivity contribution in [2.24, 2.45) is 5.73 Å². The van der Waals surface area contributed by atoms with Crippen LogP contribution in [0.4, 0.5) is 11.4 Å². The third-order valence-corrected chi connectivity index (χ3v) is 3.44. The average molecular weight is 296 g/mol. The Morgan fingerprint density at radius 3 is 2.77 bits per heavy atom. The molecular weight excluding hydrogens is 280 g/mol. The lowest BCUT2D eigenvalue weighted by Gasteiger charge is -2.12. The molecule has 0 saturated heterocycles. The molecule has 0 bridgehead atoms. The molecule has 22 heavy (non-hydrogen) atoms. The fourth-order valence-corrected chi connectivity index (χ4v) is 2.39. The first kappa shape index (κ1) is 14.1. The maximum Gasteiger partial charge on any atom is 0.339 e. The molecule has 0 aliphatic carbocycles. The van der Waals surface area contributed by atoms with Gasteiger partial charge in [0.25, 0.3) is 0 Å². The number of anilines is 2. The number of esters is 1. The minimum Gasteiger partial charge on any atom is -0.465 e. The van der Waals surface area contributed by atoms with Crippen LogP contribution in [0.1, 0.15) is 10.4 Å². The lowest BCUT2D eigenvalue weighted by Crippen LogP contribution is -2.08. The van der Waals surface area contributed by atoms with Crippen molar-refractivity contribution in [3.63, 3.8) is 0 Å². The van der Waals surface area contributed by atoms with Gasteiger partial charge in [-0.3, -0.25) is 0 Å². The Kier molecular flexibility index (Phi) is 3.76. The van der Waals surface area contributed by atoms with Gasteiger partial charge in [0, 0.05) is 0 Å². The van der Waals surface area contributed by atoms with Gasteiger partial charge < -0.3 is 20.4 Å². The smallest absolute Gasteiger partial charge is 0.339 e. The summed E-state index contributed by atoms with van der Waals surface area (Å²) in [6.45, 7) is 0.327. The van der Waals surface area contributed by atoms with Crippen LogP contribution in [0.25, 0.3) is 11.0 Å². The highest BCUT2D eigenvalue weighted by Crippen LogP contribution is 2.27. The maximum absolute atomic E-state index is 11.9. The van der Waals surface area contributed by atoms with Gasteiger partial charge in [-0.25, -0.2) is 9.78 Å². The lowest BCUT2D eigenvalue weighted by atomic mass is 10.1. The monoisotopic (exact) mass is 296 g/mol. The number of fused-ring (bicyclic) bond motifs is 1. The molecule has 0 atom stereocenters. The van der Waals surface area contributed by atoms with Crippen LogP contribution in [0.2, 0.25) is 0 Å². The zero-order chi connectivity index (χ0) is 15.5. The number of nitrogens with zero attached hydrogens (tertiary/aromatic N) is 2. The van der Waals surface area contributed by atoms with E-state index in [0.717, 1.165) is 16.7 Å². The molecule has 0 unspecified atom stereocenters. The Hall–Kier alpha value is -2.86. The first-order chi connectivity index (χ1) is 10.7. The van der Waals surface area contributed by atoms with Crippen LogP contribution >= 0.6 is 0 Å². The van der Waals surface area contributed by atoms with Crippen molar-refractivity contribution < 1.29 is 9.53 Å². The molecule has 0 fully saturated rings. The largest absolute Gasteiger partial charge is 0.465 e. The van der Waals surface area contributed by atoms with E-state index in [9.17, 15) is 4.79 Å². The zero-order valence-corrected chi connectivity index (χ0v) is 12.1. The normalized spacial score (nSPS) is 10.6. The fourth-order valence-electron chi connectivity index (χ4n) is 2.39. The molecule has 0 aliphatic rings. The number of rotatable bonds is 4. The lowest BCUT2D eigenvalue weighted by molar-refractivity contribution is 0.0602. The average Bonchev–Trinajstić information content (AvgIpc) is 2.99. The number of nitrogens with one attached hydrogen (secondary N) is 1. The van der Waals surface area contributed by atoms with E-state index >= 15 is 0 Å². The number of ether oxygens (including phenoxy) is 1. The van der Waals surface area contributed by atoms with Crippen molar-refractivity contribution in [1.29, 1.82) is 0 Å². The van der Waals surface area contributed by atoms with Gasteiger partial charge in [0.05, 0.1) is 48.1 Å². The predicted molar refractivity (Wildman–Crippen MR) is 85.0 cm³/mol. The van der Waals surface area contributed by atoms with E-state index in [-0.39, 0.29) is 5.97 Å². The van der Waals surface area contributed by atoms with Crippen LogP contribution in [0.5, 0.6) is 0 Å². The summed E-state index contributed by atoms with van der Waals surface area (Å²) in [6.07, 6.45) is 1.70. The van der Waals surface area contributed by atoms with Gasteiger partial charge in [-0.15, -0.1) is 0 Å². The molecule has 0 spiro atoms. The molecule has 6 heteroatoms. The summed E-state index contributed by atoms with van der Waals surface area (Å²) in [7, 11) is 1.36. The van der Waals surface area contributed by atoms with Gasteiger partial charge in [0.2, 0.25) is 0 Å². The summed E-state index contributed by atoms with van der Waals surface area (Å²) >= 11 is 0. The van der Waals surface area contributed by atoms with Crippen molar-refractivity contribution in [3.05, 3.63) is 54.4 Å². The molecule has 6 nitrogen and oxygen atoms in total. The molecule has 0 saturated carbocycles. The molecule has 1 aromatic heterocycles. The summed E-state index contributed by atoms with van der Waals surface area (Å²) in [5, 5.41) is 3.27. The number of hydrogen-bond donors (Lipinski definition) is 2. The Bertz CT molecular complexity index is 826. The Morgan fingerprint density at radius 1 is 1.23 bits per heavy atom. The van der Waals surface area contributed by atoms with E-state index in [1.165, 1.54) is 7.11 Å². The summed E-state index contributed by atoms with van der Waals surface area (Å²) in [5.41, 5.74) is 9.45. The van der Waals surface area contributed by atoms with Crippen LogP contribution in [-0.4, -0.2) is 22.6 Å². The molecule has 0 aliphatic heterocycles. The van der Waals surface area contributed by atoms with Crippen LogP contribution in [0.15, 0.2) is 48.8 Å². The third kappa shape index (κ3) is 2.40. The summed E-state index contributed by atoms with van der Waals surface area (Å²) in [6, 6.07) is 12.9. The van der Waals surface area contributed by atoms with Crippen LogP contribution in [-0.2, 0) is 11.4 Å². The van der Waals surface area contributed by atoms with Crippen molar-refractivity contribution >= 4 is 28.4 Å². The van der Waals surface area contributed by atoms with E-state index < -0.39 is 0 Å². The van der Waals surface area contributed by atoms with Crippen LogP contribution in [0, 0.1) is 0 Å². The number of carbonyl (C=O) groups excluding carboxylic acids is 1. The van der Waals surface area contributed by atoms with Crippen molar-refractivity contribution in [2.45, 2.75) is 6.67 Å². The maximum atomic E-state index is 11.9. The van der Waals surface area contributed by atoms with Gasteiger partial charge in [-0.05, 0) is 24.3 Å². The highest BCUT2D eigenvalue weighted by Gasteiger charge is 2.13. The predicted octanol–water partition coefficient (Wildman–Crippen LogP) is 2.48. The number of methoxy groups -OCH3 is 1. The fraction of sp³-hybridized carbons (Fsp3) is 0.125. The van der Waals surface area contributed by atoms with Gasteiger partial charge >= 0.3 is 5.97 Å². The summed E-state index contributed by atoms with van der Waals surface area (Å²) in [4.78, 5) is 16.2. The molecule has 3 aromatic rings. The van der Waals surface area contributed by atoms with E-state index in [4.69, 9.17) is 10.5 Å². The quantitative estimate of drug-likeness (QED) is 0.723. The molecular formula is C16H16N4O2. The Balaban J connectivity index is 2.08. The van der Waals surface area contributed by atoms with Gasteiger partial charge in [0.15, 0.2) is 0 Å². The molecule has 0 radical (unpaired) electrons. The molecule has 3 N–H and O–H groups in total. The second-order valence-corrected chi connectivity index (χ2v) is 4.73. The first-order valence-electron chi connectivity index (χ1n) is 6.83. The third-order valence-electron chi connectivity index (χ3n) is 3.44. The first-order valence-corrected chi connectivity index (χ1v) is 6.83. The number of benzene rings is 2. The highest BCUT2D eigenvalue weighted by molar-refractivity contribution is 5.98. The van der Waals surface area contributed by atoms with Gasteiger partial charge in [0.1, 0.15) is 0 Å². The molecule has 0 amide bonds.